The SMILES string of the molecule is C[S@@](=O)[C@H]1[C@@H]2[C@H](CC[C@@]3(C)[C@H]2CC[C@@]32CCC(=O)O2)[C@@]2(C)CCC(=O)C=C2[C@@H]1O. The molecule has 0 unspecified atom stereocenters. The summed E-state index contributed by atoms with van der Waals surface area (Å²) in [4.78, 5) is 24.2. The van der Waals surface area contributed by atoms with E-state index in [0.717, 1.165) is 44.1 Å². The lowest BCUT2D eigenvalue weighted by Crippen LogP contribution is -2.62. The Morgan fingerprint density at radius 3 is 2.45 bits per heavy atom. The van der Waals surface area contributed by atoms with Gasteiger partial charge in [-0.1, -0.05) is 13.8 Å². The molecule has 1 heterocycles. The molecule has 0 aromatic carbocycles. The Morgan fingerprint density at radius 1 is 1.07 bits per heavy atom. The largest absolute Gasteiger partial charge is 0.458 e. The van der Waals surface area contributed by atoms with Crippen LogP contribution in [-0.2, 0) is 25.1 Å². The van der Waals surface area contributed by atoms with E-state index in [1.807, 2.05) is 0 Å². The summed E-state index contributed by atoms with van der Waals surface area (Å²) in [5.41, 5.74) is 0.0971. The molecule has 1 N–H and O–H groups in total. The Bertz CT molecular complexity index is 835. The molecule has 0 bridgehead atoms. The minimum Gasteiger partial charge on any atom is -0.458 e. The van der Waals surface area contributed by atoms with Crippen molar-refractivity contribution in [1.29, 1.82) is 0 Å². The number of carbonyl (C=O) groups is 2. The second-order valence-electron chi connectivity index (χ2n) is 10.6. The zero-order chi connectivity index (χ0) is 20.8. The first-order chi connectivity index (χ1) is 13.6. The summed E-state index contributed by atoms with van der Waals surface area (Å²) in [5, 5.41) is 11.0. The average Bonchev–Trinajstić information content (AvgIpc) is 3.17. The van der Waals surface area contributed by atoms with Crippen LogP contribution < -0.4 is 0 Å². The summed E-state index contributed by atoms with van der Waals surface area (Å²) < 4.78 is 18.9. The Labute approximate surface area is 175 Å². The van der Waals surface area contributed by atoms with Crippen molar-refractivity contribution in [3.63, 3.8) is 0 Å². The fraction of sp³-hybridized carbons (Fsp3) is 0.826. The monoisotopic (exact) mass is 420 g/mol. The standard InChI is InChI=1S/C23H32O5S/c1-21-8-4-13(24)12-16(21)19(26)20(29(3)27)18-14(21)5-9-22(2)15(18)6-10-23(22)11-7-17(25)28-23/h12,14-15,18-20,26H,4-11H2,1-3H3/t14-,15-,18+,19-,20-,21+,22-,23+,29+/m0/s1. The molecule has 160 valence electrons. The van der Waals surface area contributed by atoms with Crippen molar-refractivity contribution < 1.29 is 23.6 Å². The van der Waals surface area contributed by atoms with E-state index in [9.17, 15) is 18.9 Å². The highest BCUT2D eigenvalue weighted by molar-refractivity contribution is 7.85. The van der Waals surface area contributed by atoms with Crippen molar-refractivity contribution in [2.45, 2.75) is 82.2 Å². The third-order valence-corrected chi connectivity index (χ3v) is 11.1. The molecule has 5 aliphatic rings. The first-order valence-corrected chi connectivity index (χ1v) is 12.7. The number of ether oxygens (including phenoxy) is 1. The number of ketones is 1. The van der Waals surface area contributed by atoms with E-state index in [1.165, 1.54) is 0 Å². The lowest BCUT2D eigenvalue weighted by atomic mass is 9.45. The van der Waals surface area contributed by atoms with Crippen LogP contribution in [0, 0.1) is 28.6 Å². The van der Waals surface area contributed by atoms with E-state index < -0.39 is 16.9 Å². The van der Waals surface area contributed by atoms with Gasteiger partial charge in [-0.2, -0.15) is 0 Å². The second kappa shape index (κ2) is 6.25. The fourth-order valence-corrected chi connectivity index (χ4v) is 9.57. The Kier molecular flexibility index (Phi) is 4.30. The summed E-state index contributed by atoms with van der Waals surface area (Å²) in [5.74, 6) is 0.713. The maximum Gasteiger partial charge on any atom is 0.306 e. The number of esters is 1. The number of aliphatic hydroxyl groups excluding tert-OH is 1. The van der Waals surface area contributed by atoms with Crippen LogP contribution >= 0.6 is 0 Å². The maximum absolute atomic E-state index is 12.9. The Morgan fingerprint density at radius 2 is 1.79 bits per heavy atom. The smallest absolute Gasteiger partial charge is 0.306 e. The van der Waals surface area contributed by atoms with Gasteiger partial charge in [-0.05, 0) is 73.3 Å². The number of hydrogen-bond acceptors (Lipinski definition) is 5. The fourth-order valence-electron chi connectivity index (χ4n) is 8.24. The minimum atomic E-state index is -1.20. The summed E-state index contributed by atoms with van der Waals surface area (Å²) in [6.45, 7) is 4.49. The first-order valence-electron chi connectivity index (χ1n) is 11.1. The molecule has 9 atom stereocenters. The summed E-state index contributed by atoms with van der Waals surface area (Å²) in [7, 11) is -1.20. The molecule has 5 rings (SSSR count). The van der Waals surface area contributed by atoms with Gasteiger partial charge in [0.25, 0.3) is 0 Å². The van der Waals surface area contributed by atoms with Crippen LogP contribution in [0.15, 0.2) is 11.6 Å². The number of fused-ring (bicyclic) bond motifs is 6. The summed E-state index contributed by atoms with van der Waals surface area (Å²) in [6.07, 6.45) is 8.90. The van der Waals surface area contributed by atoms with Gasteiger partial charge in [-0.15, -0.1) is 0 Å². The number of aliphatic hydroxyl groups is 1. The van der Waals surface area contributed by atoms with Crippen LogP contribution in [0.2, 0.25) is 0 Å². The molecule has 0 amide bonds. The molecule has 29 heavy (non-hydrogen) atoms. The molecular formula is C23H32O5S. The number of hydrogen-bond donors (Lipinski definition) is 1. The first kappa shape index (κ1) is 19.9. The minimum absolute atomic E-state index is 0.0777. The third-order valence-electron chi connectivity index (χ3n) is 9.74. The van der Waals surface area contributed by atoms with Gasteiger partial charge in [-0.3, -0.25) is 13.8 Å². The van der Waals surface area contributed by atoms with Gasteiger partial charge in [0.15, 0.2) is 5.78 Å². The van der Waals surface area contributed by atoms with E-state index in [0.29, 0.717) is 18.8 Å². The molecule has 1 aliphatic heterocycles. The summed E-state index contributed by atoms with van der Waals surface area (Å²) >= 11 is 0. The lowest BCUT2D eigenvalue weighted by molar-refractivity contribution is -0.169. The van der Waals surface area contributed by atoms with Crippen molar-refractivity contribution in [1.82, 2.24) is 0 Å². The van der Waals surface area contributed by atoms with Crippen LogP contribution in [0.3, 0.4) is 0 Å². The van der Waals surface area contributed by atoms with Crippen molar-refractivity contribution in [2.75, 3.05) is 6.26 Å². The van der Waals surface area contributed by atoms with E-state index in [-0.39, 0.29) is 45.3 Å². The highest BCUT2D eigenvalue weighted by Crippen LogP contribution is 2.70. The number of carbonyl (C=O) groups excluding carboxylic acids is 2. The molecule has 1 spiro atoms. The average molecular weight is 421 g/mol. The molecule has 3 saturated carbocycles. The highest BCUT2D eigenvalue weighted by atomic mass is 32.2. The van der Waals surface area contributed by atoms with Gasteiger partial charge >= 0.3 is 5.97 Å². The molecule has 4 aliphatic carbocycles. The van der Waals surface area contributed by atoms with E-state index >= 15 is 0 Å². The lowest BCUT2D eigenvalue weighted by Gasteiger charge is -2.61. The predicted octanol–water partition coefficient (Wildman–Crippen LogP) is 2.92. The topological polar surface area (TPSA) is 80.7 Å². The third kappa shape index (κ3) is 2.45. The highest BCUT2D eigenvalue weighted by Gasteiger charge is 2.69. The Hall–Kier alpha value is -1.01. The van der Waals surface area contributed by atoms with Crippen molar-refractivity contribution in [3.05, 3.63) is 11.6 Å². The van der Waals surface area contributed by atoms with Gasteiger partial charge in [0.05, 0.1) is 11.4 Å². The normalized spacial score (nSPS) is 52.4. The van der Waals surface area contributed by atoms with Crippen molar-refractivity contribution in [3.8, 4) is 0 Å². The molecule has 0 aromatic rings. The quantitative estimate of drug-likeness (QED) is 0.660. The van der Waals surface area contributed by atoms with Crippen LogP contribution in [0.5, 0.6) is 0 Å². The summed E-state index contributed by atoms with van der Waals surface area (Å²) in [6, 6.07) is 0. The van der Waals surface area contributed by atoms with Crippen LogP contribution in [0.4, 0.5) is 0 Å². The van der Waals surface area contributed by atoms with Gasteiger partial charge in [0.2, 0.25) is 0 Å². The Balaban J connectivity index is 1.61. The van der Waals surface area contributed by atoms with Gasteiger partial charge < -0.3 is 9.84 Å². The van der Waals surface area contributed by atoms with Crippen LogP contribution in [-0.4, -0.2) is 44.3 Å². The van der Waals surface area contributed by atoms with Gasteiger partial charge in [0.1, 0.15) is 5.60 Å². The maximum atomic E-state index is 12.9. The molecule has 1 saturated heterocycles. The van der Waals surface area contributed by atoms with Crippen LogP contribution in [0.25, 0.3) is 0 Å². The van der Waals surface area contributed by atoms with Crippen molar-refractivity contribution >= 4 is 22.6 Å². The van der Waals surface area contributed by atoms with Crippen molar-refractivity contribution in [2.24, 2.45) is 28.6 Å². The van der Waals surface area contributed by atoms with E-state index in [1.54, 1.807) is 12.3 Å². The number of rotatable bonds is 1. The van der Waals surface area contributed by atoms with Crippen LogP contribution in [0.1, 0.15) is 65.2 Å². The zero-order valence-corrected chi connectivity index (χ0v) is 18.4. The predicted molar refractivity (Wildman–Crippen MR) is 109 cm³/mol. The molecule has 4 fully saturated rings. The van der Waals surface area contributed by atoms with Gasteiger partial charge in [0, 0.05) is 35.3 Å². The van der Waals surface area contributed by atoms with E-state index in [2.05, 4.69) is 13.8 Å². The molecule has 5 nitrogen and oxygen atoms in total. The zero-order valence-electron chi connectivity index (χ0n) is 17.6. The second-order valence-corrected chi connectivity index (χ2v) is 12.2. The molecule has 6 heteroatoms. The van der Waals surface area contributed by atoms with E-state index in [4.69, 9.17) is 4.74 Å². The molecule has 0 radical (unpaired) electrons. The van der Waals surface area contributed by atoms with Gasteiger partial charge in [-0.25, -0.2) is 0 Å². The molecule has 0 aromatic heterocycles. The molecular weight excluding hydrogens is 388 g/mol.